The molecule has 4 nitrogen and oxygen atoms in total. The Hall–Kier alpha value is -2.14. The van der Waals surface area contributed by atoms with Crippen molar-refractivity contribution in [2.24, 2.45) is 0 Å². The maximum absolute atomic E-state index is 11.7. The number of aryl methyl sites for hydroxylation is 2. The number of esters is 1. The first kappa shape index (κ1) is 12.9. The van der Waals surface area contributed by atoms with E-state index < -0.39 is 5.97 Å². The van der Waals surface area contributed by atoms with Crippen LogP contribution in [0.4, 0.5) is 5.69 Å². The number of thiophene rings is 1. The van der Waals surface area contributed by atoms with Gasteiger partial charge in [-0.1, -0.05) is 0 Å². The minimum absolute atomic E-state index is 0.415. The van der Waals surface area contributed by atoms with E-state index >= 15 is 0 Å². The molecule has 2 aromatic heterocycles. The number of nitrogens with two attached hydrogens (primary N) is 1. The molecule has 0 bridgehead atoms. The zero-order chi connectivity index (χ0) is 14.4. The maximum atomic E-state index is 11.7. The molecule has 5 heteroatoms. The summed E-state index contributed by atoms with van der Waals surface area (Å²) < 4.78 is 4.75. The quantitative estimate of drug-likeness (QED) is 0.696. The van der Waals surface area contributed by atoms with Gasteiger partial charge in [0.2, 0.25) is 0 Å². The number of anilines is 1. The van der Waals surface area contributed by atoms with Crippen molar-refractivity contribution in [3.63, 3.8) is 0 Å². The largest absolute Gasteiger partial charge is 0.465 e. The van der Waals surface area contributed by atoms with E-state index in [-0.39, 0.29) is 0 Å². The molecule has 0 saturated carbocycles. The summed E-state index contributed by atoms with van der Waals surface area (Å²) >= 11 is 1.27. The number of nitrogen functional groups attached to an aromatic ring is 1. The van der Waals surface area contributed by atoms with Crippen LogP contribution < -0.4 is 5.73 Å². The molecule has 20 heavy (non-hydrogen) atoms. The van der Waals surface area contributed by atoms with Crippen LogP contribution in [-0.4, -0.2) is 18.1 Å². The molecular formula is C15H14N2O2S. The van der Waals surface area contributed by atoms with E-state index in [1.54, 1.807) is 0 Å². The van der Waals surface area contributed by atoms with Gasteiger partial charge in [-0.25, -0.2) is 9.78 Å². The standard InChI is InChI=1S/C15H14N2O2S/c1-7-4-9-6-10-12(16)13(15(18)19-3)20-14(10)17-11(9)5-8(7)2/h4-6H,16H2,1-3H3. The number of hydrogen-bond acceptors (Lipinski definition) is 5. The second-order valence-corrected chi connectivity index (χ2v) is 5.81. The van der Waals surface area contributed by atoms with Gasteiger partial charge in [0.25, 0.3) is 0 Å². The maximum Gasteiger partial charge on any atom is 0.350 e. The molecule has 0 saturated heterocycles. The Morgan fingerprint density at radius 3 is 2.65 bits per heavy atom. The highest BCUT2D eigenvalue weighted by atomic mass is 32.1. The number of nitrogens with zero attached hydrogens (tertiary/aromatic N) is 1. The number of fused-ring (bicyclic) bond motifs is 2. The number of benzene rings is 1. The lowest BCUT2D eigenvalue weighted by Crippen LogP contribution is -2.01. The van der Waals surface area contributed by atoms with E-state index in [0.29, 0.717) is 10.6 Å². The Morgan fingerprint density at radius 2 is 1.95 bits per heavy atom. The van der Waals surface area contributed by atoms with Gasteiger partial charge < -0.3 is 10.5 Å². The van der Waals surface area contributed by atoms with Gasteiger partial charge in [0.05, 0.1) is 18.3 Å². The van der Waals surface area contributed by atoms with Crippen molar-refractivity contribution in [1.82, 2.24) is 4.98 Å². The van der Waals surface area contributed by atoms with Crippen LogP contribution in [0.1, 0.15) is 20.8 Å². The van der Waals surface area contributed by atoms with E-state index in [4.69, 9.17) is 10.5 Å². The van der Waals surface area contributed by atoms with Crippen molar-refractivity contribution in [3.05, 3.63) is 34.2 Å². The summed E-state index contributed by atoms with van der Waals surface area (Å²) in [5.41, 5.74) is 9.81. The van der Waals surface area contributed by atoms with Crippen LogP contribution in [0, 0.1) is 13.8 Å². The number of rotatable bonds is 1. The van der Waals surface area contributed by atoms with Gasteiger partial charge in [-0.05, 0) is 43.2 Å². The van der Waals surface area contributed by atoms with Crippen LogP contribution in [0.3, 0.4) is 0 Å². The fraction of sp³-hybridized carbons (Fsp3) is 0.200. The first-order valence-corrected chi connectivity index (χ1v) is 7.01. The van der Waals surface area contributed by atoms with Crippen molar-refractivity contribution in [1.29, 1.82) is 0 Å². The third-order valence-corrected chi connectivity index (χ3v) is 4.59. The van der Waals surface area contributed by atoms with Crippen molar-refractivity contribution in [2.75, 3.05) is 12.8 Å². The molecule has 1 aromatic carbocycles. The highest BCUT2D eigenvalue weighted by Gasteiger charge is 2.18. The SMILES string of the molecule is COC(=O)c1sc2nc3cc(C)c(C)cc3cc2c1N. The number of ether oxygens (including phenoxy) is 1. The van der Waals surface area contributed by atoms with Gasteiger partial charge in [0.15, 0.2) is 0 Å². The fourth-order valence-corrected chi connectivity index (χ4v) is 3.21. The van der Waals surface area contributed by atoms with Crippen molar-refractivity contribution < 1.29 is 9.53 Å². The molecule has 0 atom stereocenters. The minimum atomic E-state index is -0.415. The van der Waals surface area contributed by atoms with Gasteiger partial charge >= 0.3 is 5.97 Å². The Balaban J connectivity index is 2.35. The number of carbonyl (C=O) groups excluding carboxylic acids is 1. The van der Waals surface area contributed by atoms with Crippen molar-refractivity contribution in [3.8, 4) is 0 Å². The number of hydrogen-bond donors (Lipinski definition) is 1. The molecule has 2 heterocycles. The van der Waals surface area contributed by atoms with E-state index in [1.165, 1.54) is 29.6 Å². The summed E-state index contributed by atoms with van der Waals surface area (Å²) in [6.07, 6.45) is 0. The topological polar surface area (TPSA) is 65.2 Å². The Bertz CT molecular complexity index is 852. The van der Waals surface area contributed by atoms with Gasteiger partial charge in [-0.3, -0.25) is 0 Å². The molecule has 3 rings (SSSR count). The molecule has 0 aliphatic carbocycles. The molecule has 3 aromatic rings. The predicted molar refractivity (Wildman–Crippen MR) is 82.4 cm³/mol. The van der Waals surface area contributed by atoms with Gasteiger partial charge in [-0.15, -0.1) is 11.3 Å². The van der Waals surface area contributed by atoms with Gasteiger partial charge in [-0.2, -0.15) is 0 Å². The summed E-state index contributed by atoms with van der Waals surface area (Å²) in [7, 11) is 1.35. The van der Waals surface area contributed by atoms with E-state index in [9.17, 15) is 4.79 Å². The lowest BCUT2D eigenvalue weighted by Gasteiger charge is -2.03. The predicted octanol–water partition coefficient (Wildman–Crippen LogP) is 3.44. The second-order valence-electron chi connectivity index (χ2n) is 4.81. The van der Waals surface area contributed by atoms with Gasteiger partial charge in [0.1, 0.15) is 9.71 Å². The molecule has 2 N–H and O–H groups in total. The van der Waals surface area contributed by atoms with E-state index in [0.717, 1.165) is 21.1 Å². The molecular weight excluding hydrogens is 272 g/mol. The molecule has 0 radical (unpaired) electrons. The molecule has 0 aliphatic rings. The smallest absolute Gasteiger partial charge is 0.350 e. The van der Waals surface area contributed by atoms with Gasteiger partial charge in [0, 0.05) is 10.8 Å². The number of pyridine rings is 1. The van der Waals surface area contributed by atoms with Crippen LogP contribution >= 0.6 is 11.3 Å². The lowest BCUT2D eigenvalue weighted by molar-refractivity contribution is 0.0607. The Kier molecular flexibility index (Phi) is 2.87. The van der Waals surface area contributed by atoms with Crippen LogP contribution in [0.2, 0.25) is 0 Å². The molecule has 0 fully saturated rings. The van der Waals surface area contributed by atoms with E-state index in [1.807, 2.05) is 6.07 Å². The molecule has 102 valence electrons. The third-order valence-electron chi connectivity index (χ3n) is 3.50. The summed E-state index contributed by atoms with van der Waals surface area (Å²) in [5.74, 6) is -0.415. The number of aromatic nitrogens is 1. The normalized spacial score (nSPS) is 11.2. The van der Waals surface area contributed by atoms with Crippen LogP contribution in [-0.2, 0) is 4.74 Å². The first-order chi connectivity index (χ1) is 9.51. The van der Waals surface area contributed by atoms with Crippen LogP contribution in [0.15, 0.2) is 18.2 Å². The van der Waals surface area contributed by atoms with Crippen molar-refractivity contribution >= 4 is 44.1 Å². The number of carbonyl (C=O) groups is 1. The summed E-state index contributed by atoms with van der Waals surface area (Å²) in [6, 6.07) is 6.13. The van der Waals surface area contributed by atoms with Crippen LogP contribution in [0.25, 0.3) is 21.1 Å². The summed E-state index contributed by atoms with van der Waals surface area (Å²) in [4.78, 5) is 17.5. The molecule has 0 unspecified atom stereocenters. The Labute approximate surface area is 120 Å². The molecule has 0 spiro atoms. The minimum Gasteiger partial charge on any atom is -0.465 e. The zero-order valence-electron chi connectivity index (χ0n) is 11.5. The second kappa shape index (κ2) is 4.45. The third kappa shape index (κ3) is 1.82. The zero-order valence-corrected chi connectivity index (χ0v) is 12.3. The monoisotopic (exact) mass is 286 g/mol. The molecule has 0 amide bonds. The van der Waals surface area contributed by atoms with Crippen LogP contribution in [0.5, 0.6) is 0 Å². The fourth-order valence-electron chi connectivity index (χ4n) is 2.21. The Morgan fingerprint density at radius 1 is 1.25 bits per heavy atom. The van der Waals surface area contributed by atoms with Crippen molar-refractivity contribution in [2.45, 2.75) is 13.8 Å². The summed E-state index contributed by atoms with van der Waals surface area (Å²) in [6.45, 7) is 4.12. The molecule has 0 aliphatic heterocycles. The number of methoxy groups -OCH3 is 1. The highest BCUT2D eigenvalue weighted by Crippen LogP contribution is 2.35. The highest BCUT2D eigenvalue weighted by molar-refractivity contribution is 7.21. The lowest BCUT2D eigenvalue weighted by atomic mass is 10.1. The average molecular weight is 286 g/mol. The first-order valence-electron chi connectivity index (χ1n) is 6.19. The summed E-state index contributed by atoms with van der Waals surface area (Å²) in [5, 5.41) is 1.84. The van der Waals surface area contributed by atoms with E-state index in [2.05, 4.69) is 31.0 Å². The average Bonchev–Trinajstić information content (AvgIpc) is 2.74.